The molecule has 0 aliphatic rings. The van der Waals surface area contributed by atoms with E-state index in [1.165, 1.54) is 0 Å². The van der Waals surface area contributed by atoms with Crippen molar-refractivity contribution in [1.82, 2.24) is 0 Å². The average Bonchev–Trinajstić information content (AvgIpc) is 2.80. The summed E-state index contributed by atoms with van der Waals surface area (Å²) in [5.74, 6) is -1.70. The van der Waals surface area contributed by atoms with Gasteiger partial charge in [0.25, 0.3) is 0 Å². The monoisotopic (exact) mass is 397 g/mol. The van der Waals surface area contributed by atoms with Crippen LogP contribution in [0, 0.1) is 63.6 Å². The van der Waals surface area contributed by atoms with Gasteiger partial charge in [0.05, 0.1) is 58.9 Å². The zero-order chi connectivity index (χ0) is 22.4. The van der Waals surface area contributed by atoms with E-state index in [9.17, 15) is 26.3 Å². The molecule has 2 unspecified atom stereocenters. The van der Waals surface area contributed by atoms with E-state index < -0.39 is 11.8 Å². The van der Waals surface area contributed by atoms with Gasteiger partial charge in [-0.25, -0.2) is 0 Å². The Morgan fingerprint density at radius 3 is 1.35 bits per heavy atom. The van der Waals surface area contributed by atoms with Crippen molar-refractivity contribution in [1.29, 1.82) is 26.3 Å². The summed E-state index contributed by atoms with van der Waals surface area (Å²) in [6.45, 7) is 1.82. The Morgan fingerprint density at radius 2 is 1.00 bits per heavy atom. The van der Waals surface area contributed by atoms with Crippen molar-refractivity contribution < 1.29 is 0 Å². The Balaban J connectivity index is 2.31. The molecule has 0 heterocycles. The van der Waals surface area contributed by atoms with E-state index in [0.29, 0.717) is 33.4 Å². The lowest BCUT2D eigenvalue weighted by Crippen LogP contribution is -2.10. The molecule has 5 nitrogen and oxygen atoms in total. The van der Waals surface area contributed by atoms with E-state index >= 15 is 0 Å². The first-order chi connectivity index (χ1) is 15.1. The number of nitriles is 5. The lowest BCUT2D eigenvalue weighted by molar-refractivity contribution is 0.972. The van der Waals surface area contributed by atoms with Crippen LogP contribution in [-0.2, 0) is 0 Å². The number of aryl methyl sites for hydroxylation is 1. The van der Waals surface area contributed by atoms with Crippen molar-refractivity contribution in [2.75, 3.05) is 0 Å². The molecular formula is C26H15N5. The van der Waals surface area contributed by atoms with Crippen molar-refractivity contribution >= 4 is 0 Å². The molecule has 2 atom stereocenters. The Morgan fingerprint density at radius 1 is 0.581 bits per heavy atom. The number of benzene rings is 3. The maximum absolute atomic E-state index is 10.0. The Bertz CT molecular complexity index is 1270. The highest BCUT2D eigenvalue weighted by Gasteiger charge is 2.27. The quantitative estimate of drug-likeness (QED) is 0.619. The highest BCUT2D eigenvalue weighted by molar-refractivity contribution is 5.60. The van der Waals surface area contributed by atoms with E-state index in [4.69, 9.17) is 0 Å². The molecule has 5 heteroatoms. The summed E-state index contributed by atoms with van der Waals surface area (Å²) in [7, 11) is 0. The largest absolute Gasteiger partial charge is 0.197 e. The van der Waals surface area contributed by atoms with Crippen molar-refractivity contribution in [2.45, 2.75) is 18.8 Å². The van der Waals surface area contributed by atoms with Gasteiger partial charge in [0.2, 0.25) is 0 Å². The molecule has 0 fully saturated rings. The van der Waals surface area contributed by atoms with Crippen LogP contribution >= 0.6 is 0 Å². The van der Waals surface area contributed by atoms with Crippen molar-refractivity contribution in [3.8, 4) is 30.3 Å². The van der Waals surface area contributed by atoms with Gasteiger partial charge in [-0.3, -0.25) is 0 Å². The van der Waals surface area contributed by atoms with Gasteiger partial charge in [-0.05, 0) is 41.3 Å². The standard InChI is InChI=1S/C26H15N5/c1-17-10-22(24(14-29)20-8-4-2-6-18(20)12-27)26(16-31)23(11-17)25(15-30)21-9-5-3-7-19(21)13-28/h2-11,24-25H,1H3. The Labute approximate surface area is 180 Å². The van der Waals surface area contributed by atoms with Crippen LogP contribution in [0.2, 0.25) is 0 Å². The van der Waals surface area contributed by atoms with Crippen LogP contribution in [0.4, 0.5) is 0 Å². The summed E-state index contributed by atoms with van der Waals surface area (Å²) in [5, 5.41) is 48.9. The highest BCUT2D eigenvalue weighted by Crippen LogP contribution is 2.36. The van der Waals surface area contributed by atoms with Gasteiger partial charge in [0.15, 0.2) is 0 Å². The topological polar surface area (TPSA) is 119 Å². The van der Waals surface area contributed by atoms with Crippen LogP contribution < -0.4 is 0 Å². The minimum atomic E-state index is -0.852. The first-order valence-electron chi connectivity index (χ1n) is 9.41. The lowest BCUT2D eigenvalue weighted by Gasteiger charge is -2.20. The maximum Gasteiger partial charge on any atom is 0.0998 e. The van der Waals surface area contributed by atoms with E-state index in [0.717, 1.165) is 5.56 Å². The molecule has 0 bridgehead atoms. The first-order valence-corrected chi connectivity index (χ1v) is 9.41. The van der Waals surface area contributed by atoms with Gasteiger partial charge in [-0.2, -0.15) is 26.3 Å². The molecule has 0 saturated carbocycles. The Hall–Kier alpha value is -4.89. The van der Waals surface area contributed by atoms with Crippen LogP contribution in [0.5, 0.6) is 0 Å². The molecule has 31 heavy (non-hydrogen) atoms. The molecule has 144 valence electrons. The van der Waals surface area contributed by atoms with Crippen LogP contribution in [-0.4, -0.2) is 0 Å². The molecule has 0 aliphatic heterocycles. The third-order valence-corrected chi connectivity index (χ3v) is 5.12. The second-order valence-electron chi connectivity index (χ2n) is 6.95. The number of hydrogen-bond donors (Lipinski definition) is 0. The van der Waals surface area contributed by atoms with Crippen LogP contribution in [0.3, 0.4) is 0 Å². The molecule has 0 spiro atoms. The Kier molecular flexibility index (Phi) is 6.10. The fourth-order valence-corrected chi connectivity index (χ4v) is 3.74. The SMILES string of the molecule is Cc1cc(C(C#N)c2ccccc2C#N)c(C#N)c(C(C#N)c2ccccc2C#N)c1. The first kappa shape index (κ1) is 20.8. The van der Waals surface area contributed by atoms with Crippen molar-refractivity contribution in [2.24, 2.45) is 0 Å². The fourth-order valence-electron chi connectivity index (χ4n) is 3.74. The molecule has 3 aromatic carbocycles. The summed E-state index contributed by atoms with van der Waals surface area (Å²) in [5.41, 5.74) is 3.59. The number of nitrogens with zero attached hydrogens (tertiary/aromatic N) is 5. The summed E-state index contributed by atoms with van der Waals surface area (Å²) >= 11 is 0. The molecular weight excluding hydrogens is 382 g/mol. The molecule has 3 aromatic rings. The van der Waals surface area contributed by atoms with Crippen molar-refractivity contribution in [3.05, 3.63) is 105 Å². The minimum absolute atomic E-state index is 0.212. The summed E-state index contributed by atoms with van der Waals surface area (Å²) in [6.07, 6.45) is 0. The molecule has 3 rings (SSSR count). The minimum Gasteiger partial charge on any atom is -0.197 e. The second kappa shape index (κ2) is 9.07. The zero-order valence-electron chi connectivity index (χ0n) is 16.7. The molecule has 0 aliphatic carbocycles. The predicted molar refractivity (Wildman–Crippen MR) is 113 cm³/mol. The van der Waals surface area contributed by atoms with Gasteiger partial charge in [-0.15, -0.1) is 0 Å². The van der Waals surface area contributed by atoms with Gasteiger partial charge in [0, 0.05) is 0 Å². The summed E-state index contributed by atoms with van der Waals surface area (Å²) < 4.78 is 0. The van der Waals surface area contributed by atoms with E-state index in [-0.39, 0.29) is 5.56 Å². The second-order valence-corrected chi connectivity index (χ2v) is 6.95. The van der Waals surface area contributed by atoms with E-state index in [1.54, 1.807) is 60.7 Å². The summed E-state index contributed by atoms with van der Waals surface area (Å²) in [6, 6.07) is 27.9. The van der Waals surface area contributed by atoms with Gasteiger partial charge in [0.1, 0.15) is 0 Å². The third kappa shape index (κ3) is 3.84. The molecule has 0 aromatic heterocycles. The molecule has 0 N–H and O–H groups in total. The molecule has 0 amide bonds. The molecule has 0 radical (unpaired) electrons. The number of rotatable bonds is 4. The van der Waals surface area contributed by atoms with Crippen LogP contribution in [0.1, 0.15) is 56.3 Å². The van der Waals surface area contributed by atoms with Gasteiger partial charge >= 0.3 is 0 Å². The van der Waals surface area contributed by atoms with Gasteiger partial charge < -0.3 is 0 Å². The average molecular weight is 397 g/mol. The zero-order valence-corrected chi connectivity index (χ0v) is 16.7. The maximum atomic E-state index is 10.0. The lowest BCUT2D eigenvalue weighted by atomic mass is 9.80. The predicted octanol–water partition coefficient (Wildman–Crippen LogP) is 4.92. The van der Waals surface area contributed by atoms with Crippen molar-refractivity contribution in [3.63, 3.8) is 0 Å². The normalized spacial score (nSPS) is 11.6. The smallest absolute Gasteiger partial charge is 0.0998 e. The van der Waals surface area contributed by atoms with E-state index in [2.05, 4.69) is 30.3 Å². The third-order valence-electron chi connectivity index (χ3n) is 5.12. The fraction of sp³-hybridized carbons (Fsp3) is 0.115. The van der Waals surface area contributed by atoms with Gasteiger partial charge in [-0.1, -0.05) is 54.1 Å². The molecule has 0 saturated heterocycles. The highest BCUT2D eigenvalue weighted by atomic mass is 14.4. The van der Waals surface area contributed by atoms with Crippen LogP contribution in [0.25, 0.3) is 0 Å². The van der Waals surface area contributed by atoms with E-state index in [1.807, 2.05) is 6.92 Å². The van der Waals surface area contributed by atoms with Crippen LogP contribution in [0.15, 0.2) is 60.7 Å². The number of hydrogen-bond acceptors (Lipinski definition) is 5. The summed E-state index contributed by atoms with van der Waals surface area (Å²) in [4.78, 5) is 0.